The Hall–Kier alpha value is -2.92. The Morgan fingerprint density at radius 2 is 1.54 bits per heavy atom. The van der Waals surface area contributed by atoms with E-state index in [1.807, 2.05) is 31.7 Å². The van der Waals surface area contributed by atoms with Gasteiger partial charge < -0.3 is 79.0 Å². The maximum Gasteiger partial charge on any atom is 0.335 e. The summed E-state index contributed by atoms with van der Waals surface area (Å²) in [7, 11) is 4.98. The van der Waals surface area contributed by atoms with Crippen LogP contribution in [0.5, 0.6) is 0 Å². The number of esters is 1. The molecular weight excluding hydrogens is 782 g/mol. The molecule has 2 unspecified atom stereocenters. The van der Waals surface area contributed by atoms with Crippen LogP contribution >= 0.6 is 0 Å². The Balaban J connectivity index is 0.00000106. The monoisotopic (exact) mass is 849 g/mol. The Bertz CT molecular complexity index is 1370. The molecule has 8 N–H and O–H groups in total. The predicted molar refractivity (Wildman–Crippen MR) is 207 cm³/mol. The number of carbonyl (C=O) groups is 4. The van der Waals surface area contributed by atoms with E-state index >= 15 is 0 Å². The van der Waals surface area contributed by atoms with Crippen molar-refractivity contribution in [2.24, 2.45) is 17.3 Å². The van der Waals surface area contributed by atoms with Gasteiger partial charge in [0.25, 0.3) is 0 Å². The van der Waals surface area contributed by atoms with Gasteiger partial charge in [0.05, 0.1) is 49.1 Å². The summed E-state index contributed by atoms with van der Waals surface area (Å²) in [5.74, 6) is -5.11. The van der Waals surface area contributed by atoms with E-state index in [0.717, 1.165) is 6.29 Å². The fourth-order valence-electron chi connectivity index (χ4n) is 7.53. The zero-order valence-corrected chi connectivity index (χ0v) is 35.3. The average Bonchev–Trinajstić information content (AvgIpc) is 3.13. The molecule has 3 heterocycles. The van der Waals surface area contributed by atoms with Crippen LogP contribution in [-0.4, -0.2) is 183 Å². The third kappa shape index (κ3) is 15.2. The third-order valence-electron chi connectivity index (χ3n) is 10.9. The number of methoxy groups -OCH3 is 1. The molecule has 2 fully saturated rings. The molecule has 340 valence electrons. The lowest BCUT2D eigenvalue weighted by molar-refractivity contribution is -0.340. The highest BCUT2D eigenvalue weighted by Crippen LogP contribution is 2.39. The van der Waals surface area contributed by atoms with Crippen LogP contribution in [0.3, 0.4) is 0 Å². The topological polar surface area (TPSA) is 289 Å². The Morgan fingerprint density at radius 3 is 2.07 bits per heavy atom. The van der Waals surface area contributed by atoms with Crippen LogP contribution in [0.25, 0.3) is 0 Å². The van der Waals surface area contributed by atoms with E-state index in [0.29, 0.717) is 12.8 Å². The van der Waals surface area contributed by atoms with Crippen LogP contribution in [0.2, 0.25) is 0 Å². The standard InChI is InChI=1S/C36H61NO12.C4H6O6/c1-20-17-24(15-16-38)32(33(44-9)26(40)18-27(41)45-21(2)13-11-10-12-14-25(20)39)49-35-30(42)29(37(7)8)31(22(3)47-35)48-28-19-36(5,6)34(43)23(4)46-28;5-1(3(7)8)2(6)4(9)10/h10-12,14,16,20-26,28-35,39-40,42-43H,13,15,17-19H2,1-9H3;1-2,5-6H,(H,7,8)(H,9,10)/b11-10+,14-12+;/t20-,21-,22-,23-,24+,25+,26-,28-,29-,30-,31-,32+,33+,34-,35+;/m1./s1. The number of carboxylic acid groups (broad SMARTS) is 2. The fourth-order valence-corrected chi connectivity index (χ4v) is 7.53. The van der Waals surface area contributed by atoms with Crippen molar-refractivity contribution in [1.82, 2.24) is 4.90 Å². The van der Waals surface area contributed by atoms with E-state index in [2.05, 4.69) is 0 Å². The van der Waals surface area contributed by atoms with Crippen molar-refractivity contribution in [3.63, 3.8) is 0 Å². The number of allylic oxidation sites excluding steroid dienone is 2. The van der Waals surface area contributed by atoms with Crippen molar-refractivity contribution in [3.05, 3.63) is 24.3 Å². The highest BCUT2D eigenvalue weighted by Gasteiger charge is 2.51. The van der Waals surface area contributed by atoms with Gasteiger partial charge in [0, 0.05) is 26.4 Å². The number of hydrogen-bond donors (Lipinski definition) is 8. The smallest absolute Gasteiger partial charge is 0.335 e. The second-order valence-corrected chi connectivity index (χ2v) is 16.5. The summed E-state index contributed by atoms with van der Waals surface area (Å²) < 4.78 is 36.6. The van der Waals surface area contributed by atoms with Gasteiger partial charge in [-0.1, -0.05) is 45.1 Å². The van der Waals surface area contributed by atoms with Gasteiger partial charge in [-0.3, -0.25) is 4.79 Å². The number of aldehydes is 1. The molecule has 3 aliphatic heterocycles. The van der Waals surface area contributed by atoms with Crippen LogP contribution in [0, 0.1) is 17.3 Å². The first-order chi connectivity index (χ1) is 27.5. The van der Waals surface area contributed by atoms with E-state index in [1.54, 1.807) is 53.1 Å². The number of aliphatic carboxylic acids is 2. The van der Waals surface area contributed by atoms with Gasteiger partial charge in [0.15, 0.2) is 24.8 Å². The molecule has 3 rings (SSSR count). The number of nitrogens with zero attached hydrogens (tertiary/aromatic N) is 1. The van der Waals surface area contributed by atoms with Gasteiger partial charge in [-0.15, -0.1) is 0 Å². The van der Waals surface area contributed by atoms with Crippen molar-refractivity contribution in [1.29, 1.82) is 0 Å². The van der Waals surface area contributed by atoms with Crippen LogP contribution in [0.1, 0.15) is 73.6 Å². The fraction of sp³-hybridized carbons (Fsp3) is 0.800. The average molecular weight is 850 g/mol. The van der Waals surface area contributed by atoms with E-state index in [9.17, 15) is 39.6 Å². The van der Waals surface area contributed by atoms with Gasteiger partial charge in [-0.05, 0) is 58.5 Å². The van der Waals surface area contributed by atoms with Gasteiger partial charge in [-0.2, -0.15) is 0 Å². The van der Waals surface area contributed by atoms with Crippen molar-refractivity contribution >= 4 is 24.2 Å². The molecule has 0 bridgehead atoms. The minimum Gasteiger partial charge on any atom is -0.479 e. The lowest BCUT2D eigenvalue weighted by atomic mass is 9.78. The van der Waals surface area contributed by atoms with Crippen molar-refractivity contribution < 1.29 is 88.5 Å². The maximum atomic E-state index is 12.8. The molecule has 0 aromatic heterocycles. The first kappa shape index (κ1) is 52.2. The van der Waals surface area contributed by atoms with E-state index < -0.39 is 128 Å². The SMILES string of the molecule is CO[C@@H]1[C@@H](O[C@@H]2O[C@H](C)[C@@H](O[C@@H]3CC(C)(C)[C@H](O)[C@@H](C)O3)[C@H](N(C)C)[C@H]2O)[C@@H](CC=O)C[C@@H](C)[C@@H](O)/C=C/C=C/C[C@@H](C)OC(=O)C[C@H]1O.O=C(O)C(O)C(O)C(=O)O. The molecule has 19 heteroatoms. The molecule has 0 radical (unpaired) electrons. The molecule has 3 aliphatic rings. The highest BCUT2D eigenvalue weighted by molar-refractivity contribution is 5.83. The summed E-state index contributed by atoms with van der Waals surface area (Å²) in [5.41, 5.74) is -0.464. The van der Waals surface area contributed by atoms with E-state index in [4.69, 9.17) is 48.8 Å². The zero-order valence-electron chi connectivity index (χ0n) is 35.3. The Morgan fingerprint density at radius 1 is 0.932 bits per heavy atom. The van der Waals surface area contributed by atoms with Crippen molar-refractivity contribution in [3.8, 4) is 0 Å². The minimum atomic E-state index is -2.27. The molecule has 0 aromatic carbocycles. The van der Waals surface area contributed by atoms with Crippen molar-refractivity contribution in [2.75, 3.05) is 21.2 Å². The number of rotatable bonds is 11. The van der Waals surface area contributed by atoms with Gasteiger partial charge >= 0.3 is 17.9 Å². The Labute approximate surface area is 345 Å². The molecule has 0 aromatic rings. The molecule has 0 amide bonds. The molecule has 17 atom stereocenters. The predicted octanol–water partition coefficient (Wildman–Crippen LogP) is -0.00180. The minimum absolute atomic E-state index is 0.0144. The van der Waals surface area contributed by atoms with E-state index in [1.165, 1.54) is 7.11 Å². The number of aliphatic hydroxyl groups is 6. The number of likely N-dealkylation sites (N-methyl/N-ethyl adjacent to an activating group) is 1. The number of carbonyl (C=O) groups excluding carboxylic acids is 2. The molecule has 0 aliphatic carbocycles. The first-order valence-corrected chi connectivity index (χ1v) is 19.8. The normalized spacial score (nSPS) is 39.4. The van der Waals surface area contributed by atoms with Crippen LogP contribution in [0.15, 0.2) is 24.3 Å². The Kier molecular flexibility index (Phi) is 21.2. The third-order valence-corrected chi connectivity index (χ3v) is 10.9. The largest absolute Gasteiger partial charge is 0.479 e. The van der Waals surface area contributed by atoms with Gasteiger partial charge in [0.1, 0.15) is 30.7 Å². The quantitative estimate of drug-likeness (QED) is 0.100. The van der Waals surface area contributed by atoms with Crippen LogP contribution < -0.4 is 0 Å². The molecule has 59 heavy (non-hydrogen) atoms. The van der Waals surface area contributed by atoms with E-state index in [-0.39, 0.29) is 18.8 Å². The molecule has 0 spiro atoms. The summed E-state index contributed by atoms with van der Waals surface area (Å²) in [6, 6.07) is -0.639. The summed E-state index contributed by atoms with van der Waals surface area (Å²) in [6.45, 7) is 11.1. The van der Waals surface area contributed by atoms with Gasteiger partial charge in [-0.25, -0.2) is 9.59 Å². The number of aliphatic hydroxyl groups excluding tert-OH is 6. The number of hydrogen-bond acceptors (Lipinski definition) is 17. The van der Waals surface area contributed by atoms with Crippen molar-refractivity contribution in [2.45, 2.75) is 166 Å². The summed E-state index contributed by atoms with van der Waals surface area (Å²) in [4.78, 5) is 46.2. The van der Waals surface area contributed by atoms with Crippen LogP contribution in [0.4, 0.5) is 0 Å². The first-order valence-electron chi connectivity index (χ1n) is 19.8. The molecule has 19 nitrogen and oxygen atoms in total. The maximum absolute atomic E-state index is 12.8. The second kappa shape index (κ2) is 23.9. The zero-order chi connectivity index (χ0) is 44.9. The summed E-state index contributed by atoms with van der Waals surface area (Å²) >= 11 is 0. The van der Waals surface area contributed by atoms with Gasteiger partial charge in [0.2, 0.25) is 0 Å². The number of ether oxygens (including phenoxy) is 6. The summed E-state index contributed by atoms with van der Waals surface area (Å²) in [5, 5.41) is 77.3. The summed E-state index contributed by atoms with van der Waals surface area (Å²) in [6.07, 6.45) is -6.57. The lowest BCUT2D eigenvalue weighted by Crippen LogP contribution is -2.65. The molecule has 0 saturated carbocycles. The highest BCUT2D eigenvalue weighted by atomic mass is 16.7. The number of carboxylic acids is 2. The molecular formula is C40H67NO18. The van der Waals surface area contributed by atoms with Crippen LogP contribution in [-0.2, 0) is 47.6 Å². The molecule has 2 saturated heterocycles. The lowest BCUT2D eigenvalue weighted by Gasteiger charge is -2.50. The second-order valence-electron chi connectivity index (χ2n) is 16.5. The number of cyclic esters (lactones) is 1.